The molecule has 1 aromatic heterocycles. The summed E-state index contributed by atoms with van der Waals surface area (Å²) in [7, 11) is 0. The molecule has 1 N–H and O–H groups in total. The highest BCUT2D eigenvalue weighted by atomic mass is 35.5. The highest BCUT2D eigenvalue weighted by molar-refractivity contribution is 7.99. The van der Waals surface area contributed by atoms with Crippen molar-refractivity contribution in [1.29, 1.82) is 0 Å². The fourth-order valence-corrected chi connectivity index (χ4v) is 2.20. The maximum atomic E-state index is 6.03. The second-order valence-corrected chi connectivity index (χ2v) is 4.83. The third kappa shape index (κ3) is 3.91. The minimum atomic E-state index is 0.750. The fraction of sp³-hybridized carbons (Fsp3) is 0.167. The molecule has 3 nitrogen and oxygen atoms in total. The van der Waals surface area contributed by atoms with Gasteiger partial charge in [0, 0.05) is 18.5 Å². The van der Waals surface area contributed by atoms with Gasteiger partial charge in [0.1, 0.15) is 6.33 Å². The van der Waals surface area contributed by atoms with Gasteiger partial charge in [0.2, 0.25) is 0 Å². The number of rotatable bonds is 5. The van der Waals surface area contributed by atoms with Crippen LogP contribution in [0.3, 0.4) is 0 Å². The number of nitrogens with zero attached hydrogens (tertiary/aromatic N) is 2. The van der Waals surface area contributed by atoms with Crippen molar-refractivity contribution in [1.82, 2.24) is 9.97 Å². The minimum Gasteiger partial charge on any atom is -0.383 e. The Balaban J connectivity index is 1.76. The Morgan fingerprint density at radius 2 is 2.12 bits per heavy atom. The molecule has 2 aromatic rings. The average molecular weight is 266 g/mol. The molecule has 0 saturated heterocycles. The van der Waals surface area contributed by atoms with Gasteiger partial charge in [0.05, 0.1) is 15.7 Å². The molecule has 0 radical (unpaired) electrons. The van der Waals surface area contributed by atoms with Crippen LogP contribution in [0.15, 0.2) is 47.9 Å². The first-order chi connectivity index (χ1) is 8.36. The van der Waals surface area contributed by atoms with Crippen molar-refractivity contribution < 1.29 is 0 Å². The molecule has 5 heteroatoms. The standard InChI is InChI=1S/C12H12ClN3S/c13-10-3-1-2-4-11(10)15-7-8-17-12-5-6-14-9-16-12/h1-6,9,15H,7-8H2. The van der Waals surface area contributed by atoms with E-state index in [-0.39, 0.29) is 0 Å². The van der Waals surface area contributed by atoms with E-state index in [9.17, 15) is 0 Å². The Kier molecular flexibility index (Phi) is 4.64. The number of thioether (sulfide) groups is 1. The molecule has 0 saturated carbocycles. The summed E-state index contributed by atoms with van der Waals surface area (Å²) in [5, 5.41) is 5.02. The zero-order valence-corrected chi connectivity index (χ0v) is 10.7. The summed E-state index contributed by atoms with van der Waals surface area (Å²) in [4.78, 5) is 8.01. The maximum Gasteiger partial charge on any atom is 0.116 e. The van der Waals surface area contributed by atoms with Crippen molar-refractivity contribution in [2.45, 2.75) is 5.03 Å². The lowest BCUT2D eigenvalue weighted by atomic mass is 10.3. The van der Waals surface area contributed by atoms with Crippen LogP contribution in [0.1, 0.15) is 0 Å². The topological polar surface area (TPSA) is 37.8 Å². The van der Waals surface area contributed by atoms with Crippen LogP contribution in [-0.2, 0) is 0 Å². The van der Waals surface area contributed by atoms with Crippen LogP contribution in [0, 0.1) is 0 Å². The van der Waals surface area contributed by atoms with Crippen molar-refractivity contribution in [3.8, 4) is 0 Å². The number of hydrogen-bond acceptors (Lipinski definition) is 4. The Hall–Kier alpha value is -1.26. The number of anilines is 1. The van der Waals surface area contributed by atoms with Crippen LogP contribution in [0.2, 0.25) is 5.02 Å². The van der Waals surface area contributed by atoms with Crippen molar-refractivity contribution in [3.05, 3.63) is 47.9 Å². The molecule has 0 aliphatic heterocycles. The predicted octanol–water partition coefficient (Wildman–Crippen LogP) is 3.33. The number of benzene rings is 1. The third-order valence-electron chi connectivity index (χ3n) is 2.10. The van der Waals surface area contributed by atoms with E-state index in [0.29, 0.717) is 0 Å². The quantitative estimate of drug-likeness (QED) is 0.511. The lowest BCUT2D eigenvalue weighted by Gasteiger charge is -2.07. The number of nitrogens with one attached hydrogen (secondary N) is 1. The van der Waals surface area contributed by atoms with Gasteiger partial charge >= 0.3 is 0 Å². The number of para-hydroxylation sites is 1. The van der Waals surface area contributed by atoms with Crippen LogP contribution >= 0.6 is 23.4 Å². The van der Waals surface area contributed by atoms with E-state index in [1.807, 2.05) is 30.3 Å². The van der Waals surface area contributed by atoms with E-state index in [1.54, 1.807) is 24.3 Å². The summed E-state index contributed by atoms with van der Waals surface area (Å²) in [6, 6.07) is 9.63. The first-order valence-corrected chi connectivity index (χ1v) is 6.60. The molecular weight excluding hydrogens is 254 g/mol. The Morgan fingerprint density at radius 1 is 1.24 bits per heavy atom. The number of hydrogen-bond donors (Lipinski definition) is 1. The molecule has 2 rings (SSSR count). The molecule has 1 heterocycles. The monoisotopic (exact) mass is 265 g/mol. The lowest BCUT2D eigenvalue weighted by Crippen LogP contribution is -2.04. The second kappa shape index (κ2) is 6.47. The van der Waals surface area contributed by atoms with Crippen LogP contribution in [0.5, 0.6) is 0 Å². The largest absolute Gasteiger partial charge is 0.383 e. The van der Waals surface area contributed by atoms with E-state index in [4.69, 9.17) is 11.6 Å². The molecule has 0 fully saturated rings. The first-order valence-electron chi connectivity index (χ1n) is 5.23. The third-order valence-corrected chi connectivity index (χ3v) is 3.37. The van der Waals surface area contributed by atoms with Crippen LogP contribution < -0.4 is 5.32 Å². The molecule has 0 aliphatic carbocycles. The smallest absolute Gasteiger partial charge is 0.116 e. The Bertz CT molecular complexity index is 464. The summed E-state index contributed by atoms with van der Waals surface area (Å²) < 4.78 is 0. The second-order valence-electron chi connectivity index (χ2n) is 3.30. The lowest BCUT2D eigenvalue weighted by molar-refractivity contribution is 1.04. The molecule has 0 atom stereocenters. The van der Waals surface area contributed by atoms with E-state index in [0.717, 1.165) is 28.0 Å². The number of aromatic nitrogens is 2. The summed E-state index contributed by atoms with van der Waals surface area (Å²) >= 11 is 7.72. The van der Waals surface area contributed by atoms with Gasteiger partial charge < -0.3 is 5.32 Å². The molecular formula is C12H12ClN3S. The molecule has 88 valence electrons. The highest BCUT2D eigenvalue weighted by Gasteiger charge is 1.98. The maximum absolute atomic E-state index is 6.03. The molecule has 17 heavy (non-hydrogen) atoms. The van der Waals surface area contributed by atoms with Crippen molar-refractivity contribution >= 4 is 29.1 Å². The van der Waals surface area contributed by atoms with Gasteiger partial charge in [-0.15, -0.1) is 11.8 Å². The fourth-order valence-electron chi connectivity index (χ4n) is 1.31. The Labute approximate surface area is 110 Å². The van der Waals surface area contributed by atoms with Gasteiger partial charge in [0.15, 0.2) is 0 Å². The first kappa shape index (κ1) is 12.2. The van der Waals surface area contributed by atoms with Crippen molar-refractivity contribution in [2.75, 3.05) is 17.6 Å². The van der Waals surface area contributed by atoms with Crippen LogP contribution in [0.25, 0.3) is 0 Å². The average Bonchev–Trinajstić information content (AvgIpc) is 2.38. The van der Waals surface area contributed by atoms with Gasteiger partial charge in [-0.1, -0.05) is 23.7 Å². The van der Waals surface area contributed by atoms with E-state index in [2.05, 4.69) is 15.3 Å². The van der Waals surface area contributed by atoms with Crippen LogP contribution in [-0.4, -0.2) is 22.3 Å². The van der Waals surface area contributed by atoms with Gasteiger partial charge in [-0.05, 0) is 18.2 Å². The molecule has 0 bridgehead atoms. The van der Waals surface area contributed by atoms with E-state index in [1.165, 1.54) is 0 Å². The summed E-state index contributed by atoms with van der Waals surface area (Å²) in [6.45, 7) is 0.846. The van der Waals surface area contributed by atoms with Gasteiger partial charge in [-0.3, -0.25) is 0 Å². The molecule has 1 aromatic carbocycles. The van der Waals surface area contributed by atoms with Crippen LogP contribution in [0.4, 0.5) is 5.69 Å². The molecule has 0 spiro atoms. The zero-order chi connectivity index (χ0) is 11.9. The summed E-state index contributed by atoms with van der Waals surface area (Å²) in [5.41, 5.74) is 0.970. The molecule has 0 amide bonds. The molecule has 0 unspecified atom stereocenters. The summed E-state index contributed by atoms with van der Waals surface area (Å²) in [5.74, 6) is 0.933. The van der Waals surface area contributed by atoms with Crippen molar-refractivity contribution in [3.63, 3.8) is 0 Å². The SMILES string of the molecule is Clc1ccccc1NCCSc1ccncn1. The predicted molar refractivity (Wildman–Crippen MR) is 72.7 cm³/mol. The number of halogens is 1. The summed E-state index contributed by atoms with van der Waals surface area (Å²) in [6.07, 6.45) is 3.31. The van der Waals surface area contributed by atoms with Gasteiger partial charge in [0.25, 0.3) is 0 Å². The van der Waals surface area contributed by atoms with Crippen molar-refractivity contribution in [2.24, 2.45) is 0 Å². The van der Waals surface area contributed by atoms with Gasteiger partial charge in [-0.25, -0.2) is 9.97 Å². The molecule has 0 aliphatic rings. The van der Waals surface area contributed by atoms with E-state index >= 15 is 0 Å². The van der Waals surface area contributed by atoms with Gasteiger partial charge in [-0.2, -0.15) is 0 Å². The highest BCUT2D eigenvalue weighted by Crippen LogP contribution is 2.20. The Morgan fingerprint density at radius 3 is 2.88 bits per heavy atom. The van der Waals surface area contributed by atoms with E-state index < -0.39 is 0 Å². The normalized spacial score (nSPS) is 10.2. The minimum absolute atomic E-state index is 0.750. The zero-order valence-electron chi connectivity index (χ0n) is 9.14.